The van der Waals surface area contributed by atoms with E-state index in [4.69, 9.17) is 10.8 Å². The van der Waals surface area contributed by atoms with Gasteiger partial charge in [0, 0.05) is 12.1 Å². The highest BCUT2D eigenvalue weighted by molar-refractivity contribution is 4.89. The lowest BCUT2D eigenvalue weighted by Crippen LogP contribution is -2.43. The van der Waals surface area contributed by atoms with E-state index in [1.807, 2.05) is 6.92 Å². The van der Waals surface area contributed by atoms with Crippen LogP contribution in [0, 0.1) is 5.41 Å². The van der Waals surface area contributed by atoms with E-state index in [-0.39, 0.29) is 6.61 Å². The number of nitrogens with two attached hydrogens (primary N) is 1. The van der Waals surface area contributed by atoms with Gasteiger partial charge < -0.3 is 15.7 Å². The minimum absolute atomic E-state index is 0.0769. The summed E-state index contributed by atoms with van der Waals surface area (Å²) in [5, 5.41) is 9.12. The van der Waals surface area contributed by atoms with E-state index >= 15 is 0 Å². The van der Waals surface area contributed by atoms with E-state index in [0.29, 0.717) is 5.41 Å². The molecule has 1 heterocycles. The average Bonchev–Trinajstić information content (AvgIpc) is 2.71. The number of hydrogen-bond donors (Lipinski definition) is 2. The summed E-state index contributed by atoms with van der Waals surface area (Å²) < 4.78 is 0. The second-order valence-corrected chi connectivity index (χ2v) is 5.80. The summed E-state index contributed by atoms with van der Waals surface area (Å²) in [4.78, 5) is 2.51. The van der Waals surface area contributed by atoms with Gasteiger partial charge in [-0.3, -0.25) is 0 Å². The Morgan fingerprint density at radius 3 is 2.44 bits per heavy atom. The molecule has 0 radical (unpaired) electrons. The fraction of sp³-hybridized carbons (Fsp3) is 1.00. The fourth-order valence-corrected chi connectivity index (χ4v) is 2.54. The largest absolute Gasteiger partial charge is 0.394 e. The summed E-state index contributed by atoms with van der Waals surface area (Å²) >= 11 is 0. The molecule has 3 N–H and O–H groups in total. The molecule has 1 saturated heterocycles. The number of aliphatic hydroxyl groups is 1. The second-order valence-electron chi connectivity index (χ2n) is 5.80. The first-order valence-electron chi connectivity index (χ1n) is 6.59. The standard InChI is InChI=1S/C13H28N2O/c1-4-13(5-2)7-9-15(10-13)8-6-12(3,14)11-16/h16H,4-11,14H2,1-3H3. The van der Waals surface area contributed by atoms with Crippen LogP contribution in [0.4, 0.5) is 0 Å². The van der Waals surface area contributed by atoms with Crippen LogP contribution in [0.3, 0.4) is 0 Å². The van der Waals surface area contributed by atoms with Crippen molar-refractivity contribution in [1.82, 2.24) is 4.90 Å². The zero-order chi connectivity index (χ0) is 12.2. The van der Waals surface area contributed by atoms with Crippen LogP contribution in [0.1, 0.15) is 46.5 Å². The van der Waals surface area contributed by atoms with Gasteiger partial charge in [0.25, 0.3) is 0 Å². The van der Waals surface area contributed by atoms with Crippen LogP contribution < -0.4 is 5.73 Å². The third kappa shape index (κ3) is 3.44. The number of rotatable bonds is 6. The Labute approximate surface area is 100 Å². The molecule has 0 amide bonds. The van der Waals surface area contributed by atoms with Crippen molar-refractivity contribution in [2.24, 2.45) is 11.1 Å². The highest BCUT2D eigenvalue weighted by Gasteiger charge is 2.35. The van der Waals surface area contributed by atoms with Crippen molar-refractivity contribution >= 4 is 0 Å². The summed E-state index contributed by atoms with van der Waals surface area (Å²) in [7, 11) is 0. The summed E-state index contributed by atoms with van der Waals surface area (Å²) in [6.07, 6.45) is 4.76. The summed E-state index contributed by atoms with van der Waals surface area (Å²) in [5.41, 5.74) is 6.08. The van der Waals surface area contributed by atoms with Crippen molar-refractivity contribution in [1.29, 1.82) is 0 Å². The predicted molar refractivity (Wildman–Crippen MR) is 68.4 cm³/mol. The van der Waals surface area contributed by atoms with Gasteiger partial charge in [0.1, 0.15) is 0 Å². The molecule has 1 rings (SSSR count). The third-order valence-corrected chi connectivity index (χ3v) is 4.38. The maximum atomic E-state index is 9.12. The first-order valence-corrected chi connectivity index (χ1v) is 6.59. The van der Waals surface area contributed by atoms with E-state index in [9.17, 15) is 0 Å². The van der Waals surface area contributed by atoms with Crippen molar-refractivity contribution in [3.05, 3.63) is 0 Å². The van der Waals surface area contributed by atoms with Crippen LogP contribution in [-0.4, -0.2) is 41.8 Å². The van der Waals surface area contributed by atoms with Crippen LogP contribution in [0.25, 0.3) is 0 Å². The van der Waals surface area contributed by atoms with Gasteiger partial charge in [0.15, 0.2) is 0 Å². The van der Waals surface area contributed by atoms with Crippen LogP contribution in [0.2, 0.25) is 0 Å². The van der Waals surface area contributed by atoms with E-state index in [1.54, 1.807) is 0 Å². The summed E-state index contributed by atoms with van der Waals surface area (Å²) in [6, 6.07) is 0. The third-order valence-electron chi connectivity index (χ3n) is 4.38. The monoisotopic (exact) mass is 228 g/mol. The van der Waals surface area contributed by atoms with Gasteiger partial charge >= 0.3 is 0 Å². The van der Waals surface area contributed by atoms with E-state index in [1.165, 1.54) is 32.4 Å². The molecular formula is C13H28N2O. The highest BCUT2D eigenvalue weighted by Crippen LogP contribution is 2.36. The Hall–Kier alpha value is -0.120. The molecular weight excluding hydrogens is 200 g/mol. The van der Waals surface area contributed by atoms with Crippen LogP contribution >= 0.6 is 0 Å². The lowest BCUT2D eigenvalue weighted by molar-refractivity contribution is 0.175. The minimum Gasteiger partial charge on any atom is -0.394 e. The van der Waals surface area contributed by atoms with E-state index < -0.39 is 5.54 Å². The molecule has 0 bridgehead atoms. The topological polar surface area (TPSA) is 49.5 Å². The molecule has 0 aliphatic carbocycles. The summed E-state index contributed by atoms with van der Waals surface area (Å²) in [5.74, 6) is 0. The zero-order valence-corrected chi connectivity index (χ0v) is 11.1. The molecule has 0 aromatic rings. The number of hydrogen-bond acceptors (Lipinski definition) is 3. The molecule has 1 unspecified atom stereocenters. The van der Waals surface area contributed by atoms with Crippen molar-refractivity contribution in [3.63, 3.8) is 0 Å². The van der Waals surface area contributed by atoms with Crippen molar-refractivity contribution < 1.29 is 5.11 Å². The lowest BCUT2D eigenvalue weighted by Gasteiger charge is -2.28. The number of aliphatic hydroxyl groups excluding tert-OH is 1. The first kappa shape index (κ1) is 13.9. The van der Waals surface area contributed by atoms with Gasteiger partial charge in [-0.05, 0) is 51.1 Å². The molecule has 0 spiro atoms. The molecule has 3 nitrogen and oxygen atoms in total. The summed E-state index contributed by atoms with van der Waals surface area (Å²) in [6.45, 7) is 10.0. The molecule has 1 atom stereocenters. The Kier molecular flexibility index (Phi) is 4.77. The number of likely N-dealkylation sites (tertiary alicyclic amines) is 1. The SMILES string of the molecule is CCC1(CC)CCN(CCC(C)(N)CO)C1. The lowest BCUT2D eigenvalue weighted by atomic mass is 9.82. The quantitative estimate of drug-likeness (QED) is 0.726. The van der Waals surface area contributed by atoms with E-state index in [0.717, 1.165) is 13.0 Å². The van der Waals surface area contributed by atoms with Crippen LogP contribution in [0.15, 0.2) is 0 Å². The van der Waals surface area contributed by atoms with Gasteiger partial charge in [0.05, 0.1) is 6.61 Å². The number of nitrogens with zero attached hydrogens (tertiary/aromatic N) is 1. The zero-order valence-electron chi connectivity index (χ0n) is 11.1. The maximum absolute atomic E-state index is 9.12. The highest BCUT2D eigenvalue weighted by atomic mass is 16.3. The Morgan fingerprint density at radius 1 is 1.38 bits per heavy atom. The van der Waals surface area contributed by atoms with Crippen molar-refractivity contribution in [2.45, 2.75) is 52.0 Å². The van der Waals surface area contributed by atoms with Crippen LogP contribution in [-0.2, 0) is 0 Å². The second kappa shape index (κ2) is 5.48. The Bertz CT molecular complexity index is 212. The van der Waals surface area contributed by atoms with Crippen molar-refractivity contribution in [2.75, 3.05) is 26.2 Å². The predicted octanol–water partition coefficient (Wildman–Crippen LogP) is 1.60. The molecule has 0 saturated carbocycles. The van der Waals surface area contributed by atoms with Crippen LogP contribution in [0.5, 0.6) is 0 Å². The maximum Gasteiger partial charge on any atom is 0.0608 e. The Balaban J connectivity index is 2.37. The average molecular weight is 228 g/mol. The fourth-order valence-electron chi connectivity index (χ4n) is 2.54. The normalized spacial score (nSPS) is 24.6. The molecule has 96 valence electrons. The molecule has 0 aromatic heterocycles. The van der Waals surface area contributed by atoms with E-state index in [2.05, 4.69) is 18.7 Å². The molecule has 1 fully saturated rings. The molecule has 16 heavy (non-hydrogen) atoms. The van der Waals surface area contributed by atoms with Gasteiger partial charge in [0.2, 0.25) is 0 Å². The van der Waals surface area contributed by atoms with Gasteiger partial charge in [-0.25, -0.2) is 0 Å². The molecule has 1 aliphatic heterocycles. The van der Waals surface area contributed by atoms with Crippen molar-refractivity contribution in [3.8, 4) is 0 Å². The van der Waals surface area contributed by atoms with Gasteiger partial charge in [-0.1, -0.05) is 13.8 Å². The smallest absolute Gasteiger partial charge is 0.0608 e. The first-order chi connectivity index (χ1) is 7.47. The Morgan fingerprint density at radius 2 is 2.00 bits per heavy atom. The minimum atomic E-state index is -0.413. The molecule has 0 aromatic carbocycles. The van der Waals surface area contributed by atoms with Gasteiger partial charge in [-0.15, -0.1) is 0 Å². The molecule has 3 heteroatoms. The molecule has 1 aliphatic rings. The van der Waals surface area contributed by atoms with Gasteiger partial charge in [-0.2, -0.15) is 0 Å².